The SMILES string of the molecule is Nc1c[c]ccc1[SH](=O)=O. The van der Waals surface area contributed by atoms with Crippen molar-refractivity contribution in [2.24, 2.45) is 0 Å². The molecule has 4 heteroatoms. The van der Waals surface area contributed by atoms with Crippen molar-refractivity contribution in [3.63, 3.8) is 0 Å². The fraction of sp³-hybridized carbons (Fsp3) is 0. The van der Waals surface area contributed by atoms with Crippen molar-refractivity contribution in [1.82, 2.24) is 0 Å². The van der Waals surface area contributed by atoms with Crippen molar-refractivity contribution in [2.75, 3.05) is 5.73 Å². The maximum atomic E-state index is 10.4. The fourth-order valence-electron chi connectivity index (χ4n) is 0.601. The van der Waals surface area contributed by atoms with E-state index < -0.39 is 10.7 Å². The zero-order valence-corrected chi connectivity index (χ0v) is 5.97. The highest BCUT2D eigenvalue weighted by atomic mass is 32.2. The van der Waals surface area contributed by atoms with Gasteiger partial charge in [0.25, 0.3) is 0 Å². The third-order valence-electron chi connectivity index (χ3n) is 1.07. The summed E-state index contributed by atoms with van der Waals surface area (Å²) in [5.41, 5.74) is 5.56. The van der Waals surface area contributed by atoms with E-state index in [0.29, 0.717) is 0 Å². The second-order valence-electron chi connectivity index (χ2n) is 1.74. The molecule has 1 aromatic carbocycles. The number of rotatable bonds is 1. The average molecular weight is 156 g/mol. The molecule has 0 unspecified atom stereocenters. The van der Waals surface area contributed by atoms with Gasteiger partial charge in [-0.05, 0) is 18.2 Å². The van der Waals surface area contributed by atoms with E-state index in [0.717, 1.165) is 0 Å². The molecule has 1 radical (unpaired) electrons. The van der Waals surface area contributed by atoms with Crippen LogP contribution in [-0.2, 0) is 10.7 Å². The number of thiol groups is 1. The van der Waals surface area contributed by atoms with Crippen LogP contribution in [0.4, 0.5) is 5.69 Å². The number of hydrogen-bond donors (Lipinski definition) is 2. The van der Waals surface area contributed by atoms with Gasteiger partial charge in [-0.25, -0.2) is 8.42 Å². The van der Waals surface area contributed by atoms with Crippen molar-refractivity contribution in [1.29, 1.82) is 0 Å². The number of benzene rings is 1. The van der Waals surface area contributed by atoms with Crippen LogP contribution in [-0.4, -0.2) is 8.42 Å². The molecule has 3 nitrogen and oxygen atoms in total. The second-order valence-corrected chi connectivity index (χ2v) is 2.74. The predicted octanol–water partition coefficient (Wildman–Crippen LogP) is 0.0393. The Labute approximate surface area is 60.4 Å². The smallest absolute Gasteiger partial charge is 0.170 e. The number of hydrogen-bond acceptors (Lipinski definition) is 3. The maximum absolute atomic E-state index is 10.4. The Morgan fingerprint density at radius 1 is 1.50 bits per heavy atom. The van der Waals surface area contributed by atoms with Crippen LogP contribution >= 0.6 is 0 Å². The first-order valence-corrected chi connectivity index (χ1v) is 3.79. The van der Waals surface area contributed by atoms with Gasteiger partial charge in [0.2, 0.25) is 0 Å². The minimum atomic E-state index is -2.56. The molecule has 0 atom stereocenters. The number of nitrogen functional groups attached to an aromatic ring is 1. The molecule has 2 N–H and O–H groups in total. The van der Waals surface area contributed by atoms with Gasteiger partial charge >= 0.3 is 0 Å². The molecular formula is C6H6NO2S. The highest BCUT2D eigenvalue weighted by Gasteiger charge is 1.96. The van der Waals surface area contributed by atoms with Crippen LogP contribution in [0, 0.1) is 6.07 Å². The molecule has 0 aliphatic rings. The summed E-state index contributed by atoms with van der Waals surface area (Å²) in [6.45, 7) is 0. The van der Waals surface area contributed by atoms with Crippen molar-refractivity contribution in [3.05, 3.63) is 24.3 Å². The van der Waals surface area contributed by atoms with Crippen LogP contribution in [0.15, 0.2) is 23.1 Å². The van der Waals surface area contributed by atoms with E-state index in [9.17, 15) is 8.42 Å². The van der Waals surface area contributed by atoms with E-state index >= 15 is 0 Å². The summed E-state index contributed by atoms with van der Waals surface area (Å²) in [7, 11) is -2.56. The number of anilines is 1. The average Bonchev–Trinajstić information content (AvgIpc) is 1.88. The van der Waals surface area contributed by atoms with E-state index in [1.165, 1.54) is 18.2 Å². The summed E-state index contributed by atoms with van der Waals surface area (Å²) in [4.78, 5) is 0.161. The number of nitrogens with two attached hydrogens (primary N) is 1. The van der Waals surface area contributed by atoms with Crippen LogP contribution < -0.4 is 5.73 Å². The third-order valence-corrected chi connectivity index (χ3v) is 1.87. The van der Waals surface area contributed by atoms with E-state index in [4.69, 9.17) is 5.73 Å². The molecule has 0 aliphatic heterocycles. The Morgan fingerprint density at radius 3 is 2.60 bits per heavy atom. The molecule has 53 valence electrons. The largest absolute Gasteiger partial charge is 0.398 e. The Hall–Kier alpha value is -1.03. The molecule has 1 rings (SSSR count). The quantitative estimate of drug-likeness (QED) is 0.446. The molecule has 0 heterocycles. The Bertz CT molecular complexity index is 298. The van der Waals surface area contributed by atoms with Crippen molar-refractivity contribution in [3.8, 4) is 0 Å². The van der Waals surface area contributed by atoms with Crippen LogP contribution in [0.25, 0.3) is 0 Å². The summed E-state index contributed by atoms with van der Waals surface area (Å²) in [6.07, 6.45) is 0. The highest BCUT2D eigenvalue weighted by molar-refractivity contribution is 7.72. The van der Waals surface area contributed by atoms with Crippen molar-refractivity contribution >= 4 is 16.4 Å². The lowest BCUT2D eigenvalue weighted by Gasteiger charge is -1.93. The highest BCUT2D eigenvalue weighted by Crippen LogP contribution is 2.10. The summed E-state index contributed by atoms with van der Waals surface area (Å²) in [5.74, 6) is 0. The van der Waals surface area contributed by atoms with Gasteiger partial charge in [-0.3, -0.25) is 0 Å². The molecule has 1 aromatic rings. The Morgan fingerprint density at radius 2 is 2.20 bits per heavy atom. The van der Waals surface area contributed by atoms with Gasteiger partial charge in [0.1, 0.15) is 0 Å². The first kappa shape index (κ1) is 7.08. The topological polar surface area (TPSA) is 60.2 Å². The molecule has 0 amide bonds. The normalized spacial score (nSPS) is 10.1. The maximum Gasteiger partial charge on any atom is 0.170 e. The van der Waals surface area contributed by atoms with Gasteiger partial charge in [-0.2, -0.15) is 0 Å². The van der Waals surface area contributed by atoms with Gasteiger partial charge in [-0.15, -0.1) is 0 Å². The zero-order valence-electron chi connectivity index (χ0n) is 5.07. The predicted molar refractivity (Wildman–Crippen MR) is 38.3 cm³/mol. The Balaban J connectivity index is 3.28. The van der Waals surface area contributed by atoms with E-state index in [-0.39, 0.29) is 10.6 Å². The lowest BCUT2D eigenvalue weighted by molar-refractivity contribution is 0.615. The summed E-state index contributed by atoms with van der Waals surface area (Å²) in [5, 5.41) is 0. The van der Waals surface area contributed by atoms with Crippen LogP contribution in [0.3, 0.4) is 0 Å². The first-order chi connectivity index (χ1) is 4.72. The monoisotopic (exact) mass is 156 g/mol. The summed E-state index contributed by atoms with van der Waals surface area (Å²) >= 11 is 0. The summed E-state index contributed by atoms with van der Waals surface area (Å²) in [6, 6.07) is 7.02. The van der Waals surface area contributed by atoms with Gasteiger partial charge in [-0.1, -0.05) is 6.07 Å². The molecule has 10 heavy (non-hydrogen) atoms. The lowest BCUT2D eigenvalue weighted by Crippen LogP contribution is -1.90. The van der Waals surface area contributed by atoms with Gasteiger partial charge in [0.05, 0.1) is 10.6 Å². The third kappa shape index (κ3) is 1.27. The van der Waals surface area contributed by atoms with Gasteiger partial charge in [0.15, 0.2) is 10.7 Å². The van der Waals surface area contributed by atoms with Crippen LogP contribution in [0.1, 0.15) is 0 Å². The van der Waals surface area contributed by atoms with Gasteiger partial charge < -0.3 is 5.73 Å². The van der Waals surface area contributed by atoms with Crippen molar-refractivity contribution in [2.45, 2.75) is 4.90 Å². The molecule has 0 spiro atoms. The standard InChI is InChI=1S/C6H6NO2S/c7-5-3-1-2-4-6(5)10(8)9/h2-4,10H,7H2. The van der Waals surface area contributed by atoms with Crippen LogP contribution in [0.2, 0.25) is 0 Å². The zero-order chi connectivity index (χ0) is 7.56. The second kappa shape index (κ2) is 2.70. The Kier molecular flexibility index (Phi) is 1.91. The summed E-state index contributed by atoms with van der Waals surface area (Å²) < 4.78 is 20.7. The van der Waals surface area contributed by atoms with E-state index in [1.54, 1.807) is 0 Å². The molecule has 0 aliphatic carbocycles. The fourth-order valence-corrected chi connectivity index (χ4v) is 1.07. The van der Waals surface area contributed by atoms with E-state index in [1.807, 2.05) is 0 Å². The first-order valence-electron chi connectivity index (χ1n) is 2.62. The van der Waals surface area contributed by atoms with Gasteiger partial charge in [0, 0.05) is 0 Å². The lowest BCUT2D eigenvalue weighted by atomic mass is 10.3. The molecule has 0 aromatic heterocycles. The van der Waals surface area contributed by atoms with Crippen LogP contribution in [0.5, 0.6) is 0 Å². The van der Waals surface area contributed by atoms with Crippen molar-refractivity contribution < 1.29 is 8.42 Å². The molecular weight excluding hydrogens is 150 g/mol. The molecule has 0 saturated carbocycles. The molecule has 0 bridgehead atoms. The minimum Gasteiger partial charge on any atom is -0.398 e. The van der Waals surface area contributed by atoms with E-state index in [2.05, 4.69) is 6.07 Å². The molecule has 0 fully saturated rings. The minimum absolute atomic E-state index is 0.161. The molecule has 0 saturated heterocycles.